The molecule has 114 valence electrons. The van der Waals surface area contributed by atoms with E-state index in [1.165, 1.54) is 19.3 Å². The summed E-state index contributed by atoms with van der Waals surface area (Å²) in [5.74, 6) is -0.0713. The molecule has 0 amide bonds. The lowest BCUT2D eigenvalue weighted by Crippen LogP contribution is -2.39. The fraction of sp³-hybridized carbons (Fsp3) is 0.917. The molecule has 1 atom stereocenters. The molecule has 0 radical (unpaired) electrons. The Labute approximate surface area is 115 Å². The number of ether oxygens (including phenoxy) is 1. The van der Waals surface area contributed by atoms with E-state index in [9.17, 15) is 13.2 Å². The Balaban J connectivity index is 0.000000555. The Hall–Kier alpha value is -0.660. The van der Waals surface area contributed by atoms with Gasteiger partial charge in [-0.15, -0.1) is 0 Å². The molecule has 0 heterocycles. The van der Waals surface area contributed by atoms with Crippen LogP contribution in [0.15, 0.2) is 0 Å². The van der Waals surface area contributed by atoms with Crippen molar-refractivity contribution in [3.8, 4) is 0 Å². The highest BCUT2D eigenvalue weighted by Crippen LogP contribution is 2.20. The second-order valence-corrected chi connectivity index (χ2v) is 6.67. The van der Waals surface area contributed by atoms with Gasteiger partial charge in [-0.25, -0.2) is 0 Å². The predicted molar refractivity (Wildman–Crippen MR) is 73.3 cm³/mol. The SMILES string of the molecule is CC(C)[C@H](N)C(=O)OC1CCCCC1.CS(=O)(=O)O. The standard InChI is InChI=1S/C11H21NO2.CH4O3S/c1-8(2)10(12)11(13)14-9-6-4-3-5-7-9;1-5(2,3)4/h8-10H,3-7,12H2,1-2H3;1H3,(H,2,3,4)/t10-;/m0./s1. The molecule has 0 aromatic carbocycles. The third kappa shape index (κ3) is 10.9. The molecule has 1 aliphatic carbocycles. The molecule has 0 aromatic rings. The van der Waals surface area contributed by atoms with Gasteiger partial charge in [-0.3, -0.25) is 9.35 Å². The van der Waals surface area contributed by atoms with Crippen LogP contribution in [0.5, 0.6) is 0 Å². The van der Waals surface area contributed by atoms with Crippen molar-refractivity contribution in [1.29, 1.82) is 0 Å². The summed E-state index contributed by atoms with van der Waals surface area (Å²) in [6.07, 6.45) is 6.48. The predicted octanol–water partition coefficient (Wildman–Crippen LogP) is 1.35. The number of hydrogen-bond donors (Lipinski definition) is 2. The summed E-state index contributed by atoms with van der Waals surface area (Å²) < 4.78 is 31.2. The Kier molecular flexibility index (Phi) is 8.20. The summed E-state index contributed by atoms with van der Waals surface area (Å²) in [6.45, 7) is 3.87. The van der Waals surface area contributed by atoms with Crippen LogP contribution in [0.4, 0.5) is 0 Å². The maximum Gasteiger partial charge on any atom is 0.323 e. The number of rotatable bonds is 3. The average molecular weight is 295 g/mol. The molecule has 1 saturated carbocycles. The van der Waals surface area contributed by atoms with E-state index in [0.29, 0.717) is 6.26 Å². The third-order valence-electron chi connectivity index (χ3n) is 2.83. The summed E-state index contributed by atoms with van der Waals surface area (Å²) in [5.41, 5.74) is 5.70. The van der Waals surface area contributed by atoms with Gasteiger partial charge in [-0.05, 0) is 31.6 Å². The van der Waals surface area contributed by atoms with E-state index < -0.39 is 16.2 Å². The fourth-order valence-corrected chi connectivity index (χ4v) is 1.70. The van der Waals surface area contributed by atoms with E-state index in [2.05, 4.69) is 0 Å². The van der Waals surface area contributed by atoms with Gasteiger partial charge in [-0.2, -0.15) is 8.42 Å². The van der Waals surface area contributed by atoms with Crippen LogP contribution in [0.3, 0.4) is 0 Å². The van der Waals surface area contributed by atoms with Crippen LogP contribution in [0.1, 0.15) is 46.0 Å². The lowest BCUT2D eigenvalue weighted by Gasteiger charge is -2.24. The zero-order chi connectivity index (χ0) is 15.1. The Morgan fingerprint density at radius 1 is 1.26 bits per heavy atom. The first-order valence-electron chi connectivity index (χ1n) is 6.49. The highest BCUT2D eigenvalue weighted by Gasteiger charge is 2.23. The van der Waals surface area contributed by atoms with Crippen LogP contribution >= 0.6 is 0 Å². The van der Waals surface area contributed by atoms with Crippen molar-refractivity contribution in [2.24, 2.45) is 11.7 Å². The van der Waals surface area contributed by atoms with E-state index in [1.54, 1.807) is 0 Å². The van der Waals surface area contributed by atoms with Gasteiger partial charge in [-0.1, -0.05) is 20.3 Å². The highest BCUT2D eigenvalue weighted by atomic mass is 32.2. The van der Waals surface area contributed by atoms with Gasteiger partial charge < -0.3 is 10.5 Å². The monoisotopic (exact) mass is 295 g/mol. The van der Waals surface area contributed by atoms with Crippen molar-refractivity contribution in [3.05, 3.63) is 0 Å². The normalized spacial score (nSPS) is 18.4. The lowest BCUT2D eigenvalue weighted by molar-refractivity contribution is -0.153. The Bertz CT molecular complexity index is 352. The Morgan fingerprint density at radius 3 is 2.05 bits per heavy atom. The molecule has 0 spiro atoms. The largest absolute Gasteiger partial charge is 0.461 e. The van der Waals surface area contributed by atoms with Crippen molar-refractivity contribution < 1.29 is 22.5 Å². The molecule has 0 aliphatic heterocycles. The van der Waals surface area contributed by atoms with E-state index >= 15 is 0 Å². The number of carbonyl (C=O) groups is 1. The van der Waals surface area contributed by atoms with Gasteiger partial charge in [0.15, 0.2) is 0 Å². The second kappa shape index (κ2) is 8.50. The molecule has 0 bridgehead atoms. The maximum atomic E-state index is 11.5. The zero-order valence-electron chi connectivity index (χ0n) is 11.8. The van der Waals surface area contributed by atoms with Crippen molar-refractivity contribution >= 4 is 16.1 Å². The molecule has 0 aromatic heterocycles. The molecular weight excluding hydrogens is 270 g/mol. The first-order valence-corrected chi connectivity index (χ1v) is 8.34. The average Bonchev–Trinajstić information content (AvgIpc) is 2.27. The molecule has 6 nitrogen and oxygen atoms in total. The minimum Gasteiger partial charge on any atom is -0.461 e. The van der Waals surface area contributed by atoms with Crippen molar-refractivity contribution in [2.75, 3.05) is 6.26 Å². The van der Waals surface area contributed by atoms with Gasteiger partial charge >= 0.3 is 5.97 Å². The highest BCUT2D eigenvalue weighted by molar-refractivity contribution is 7.85. The summed E-state index contributed by atoms with van der Waals surface area (Å²) in [5, 5.41) is 0. The smallest absolute Gasteiger partial charge is 0.323 e. The first-order chi connectivity index (χ1) is 8.61. The Morgan fingerprint density at radius 2 is 1.68 bits per heavy atom. The summed E-state index contributed by atoms with van der Waals surface area (Å²) in [6, 6.07) is -0.461. The van der Waals surface area contributed by atoms with E-state index in [4.69, 9.17) is 15.0 Å². The molecule has 7 heteroatoms. The number of esters is 1. The summed E-state index contributed by atoms with van der Waals surface area (Å²) in [4.78, 5) is 11.5. The quantitative estimate of drug-likeness (QED) is 0.601. The zero-order valence-corrected chi connectivity index (χ0v) is 12.6. The summed E-state index contributed by atoms with van der Waals surface area (Å²) in [7, 11) is -3.67. The van der Waals surface area contributed by atoms with Crippen LogP contribution in [-0.4, -0.2) is 37.3 Å². The van der Waals surface area contributed by atoms with Crippen LogP contribution in [-0.2, 0) is 19.6 Å². The molecule has 0 unspecified atom stereocenters. The fourth-order valence-electron chi connectivity index (χ4n) is 1.70. The van der Waals surface area contributed by atoms with Gasteiger partial charge in [0.05, 0.1) is 6.26 Å². The molecule has 1 fully saturated rings. The first kappa shape index (κ1) is 18.3. The number of carbonyl (C=O) groups excluding carboxylic acids is 1. The summed E-state index contributed by atoms with van der Waals surface area (Å²) >= 11 is 0. The van der Waals surface area contributed by atoms with E-state index in [-0.39, 0.29) is 18.0 Å². The van der Waals surface area contributed by atoms with E-state index in [1.807, 2.05) is 13.8 Å². The molecular formula is C12H25NO5S. The minimum absolute atomic E-state index is 0.126. The third-order valence-corrected chi connectivity index (χ3v) is 2.83. The van der Waals surface area contributed by atoms with Crippen LogP contribution in [0.25, 0.3) is 0 Å². The van der Waals surface area contributed by atoms with Crippen molar-refractivity contribution in [2.45, 2.75) is 58.1 Å². The van der Waals surface area contributed by atoms with E-state index in [0.717, 1.165) is 12.8 Å². The van der Waals surface area contributed by atoms with Gasteiger partial charge in [0, 0.05) is 0 Å². The molecule has 19 heavy (non-hydrogen) atoms. The van der Waals surface area contributed by atoms with Gasteiger partial charge in [0.25, 0.3) is 10.1 Å². The number of hydrogen-bond acceptors (Lipinski definition) is 5. The second-order valence-electron chi connectivity index (χ2n) is 5.20. The topological polar surface area (TPSA) is 107 Å². The van der Waals surface area contributed by atoms with Crippen LogP contribution in [0.2, 0.25) is 0 Å². The minimum atomic E-state index is -3.67. The van der Waals surface area contributed by atoms with Crippen molar-refractivity contribution in [3.63, 3.8) is 0 Å². The number of nitrogens with two attached hydrogens (primary N) is 1. The molecule has 1 rings (SSSR count). The maximum absolute atomic E-state index is 11.5. The van der Waals surface area contributed by atoms with Crippen LogP contribution in [0, 0.1) is 5.92 Å². The van der Waals surface area contributed by atoms with Gasteiger partial charge in [0.2, 0.25) is 0 Å². The molecule has 0 saturated heterocycles. The van der Waals surface area contributed by atoms with Crippen LogP contribution < -0.4 is 5.73 Å². The van der Waals surface area contributed by atoms with Gasteiger partial charge in [0.1, 0.15) is 12.1 Å². The lowest BCUT2D eigenvalue weighted by atomic mass is 9.97. The van der Waals surface area contributed by atoms with Crippen molar-refractivity contribution in [1.82, 2.24) is 0 Å². The molecule has 1 aliphatic rings. The molecule has 3 N–H and O–H groups in total.